The molecule has 3 aromatic rings. The minimum absolute atomic E-state index is 0.0871. The Balaban J connectivity index is 1.57. The summed E-state index contributed by atoms with van der Waals surface area (Å²) in [5, 5.41) is 14.7. The number of benzene rings is 2. The smallest absolute Gasteiger partial charge is 0.325 e. The second-order valence-corrected chi connectivity index (χ2v) is 9.44. The van der Waals surface area contributed by atoms with E-state index >= 15 is 0 Å². The monoisotopic (exact) mass is 471 g/mol. The zero-order valence-corrected chi connectivity index (χ0v) is 19.6. The topological polar surface area (TPSA) is 102 Å². The number of likely N-dealkylation sites (tertiary alicyclic amines) is 1. The quantitative estimate of drug-likeness (QED) is 0.436. The Hall–Kier alpha value is -3.71. The van der Waals surface area contributed by atoms with Crippen LogP contribution in [0.15, 0.2) is 66.9 Å². The molecule has 5 rings (SSSR count). The van der Waals surface area contributed by atoms with Gasteiger partial charge in [-0.05, 0) is 23.6 Å². The summed E-state index contributed by atoms with van der Waals surface area (Å²) in [6, 6.07) is 16.7. The summed E-state index contributed by atoms with van der Waals surface area (Å²) < 4.78 is 0. The number of aromatic nitrogens is 1. The van der Waals surface area contributed by atoms with Crippen molar-refractivity contribution in [1.82, 2.24) is 15.2 Å². The maximum Gasteiger partial charge on any atom is 0.325 e. The van der Waals surface area contributed by atoms with Crippen molar-refractivity contribution in [3.05, 3.63) is 78.0 Å². The number of carbonyl (C=O) groups excluding carboxylic acids is 2. The molecule has 2 fully saturated rings. The van der Waals surface area contributed by atoms with Crippen LogP contribution in [-0.2, 0) is 20.8 Å². The van der Waals surface area contributed by atoms with Gasteiger partial charge in [-0.25, -0.2) is 0 Å². The first kappa shape index (κ1) is 23.1. The van der Waals surface area contributed by atoms with Crippen molar-refractivity contribution in [1.29, 1.82) is 0 Å². The number of aromatic amines is 1. The maximum absolute atomic E-state index is 13.6. The molecule has 7 nitrogen and oxygen atoms in total. The van der Waals surface area contributed by atoms with Crippen LogP contribution in [0.1, 0.15) is 30.9 Å². The van der Waals surface area contributed by atoms with Crippen LogP contribution in [0.25, 0.3) is 17.0 Å². The van der Waals surface area contributed by atoms with Gasteiger partial charge in [-0.3, -0.25) is 24.6 Å². The van der Waals surface area contributed by atoms with Gasteiger partial charge in [0.1, 0.15) is 5.54 Å². The van der Waals surface area contributed by atoms with E-state index in [1.165, 1.54) is 4.90 Å². The molecule has 1 aromatic heterocycles. The van der Waals surface area contributed by atoms with Gasteiger partial charge < -0.3 is 10.1 Å². The van der Waals surface area contributed by atoms with Crippen molar-refractivity contribution >= 4 is 34.8 Å². The zero-order chi connectivity index (χ0) is 24.6. The van der Waals surface area contributed by atoms with Gasteiger partial charge >= 0.3 is 5.97 Å². The number of hydrogen-bond acceptors (Lipinski definition) is 4. The van der Waals surface area contributed by atoms with Crippen LogP contribution in [0, 0.1) is 11.8 Å². The fourth-order valence-corrected chi connectivity index (χ4v) is 5.60. The molecule has 180 valence electrons. The number of hydrogen-bond donors (Lipinski definition) is 3. The van der Waals surface area contributed by atoms with Gasteiger partial charge in [0.15, 0.2) is 0 Å². The van der Waals surface area contributed by atoms with Gasteiger partial charge in [0.2, 0.25) is 11.8 Å². The van der Waals surface area contributed by atoms with E-state index in [4.69, 9.17) is 0 Å². The van der Waals surface area contributed by atoms with Crippen LogP contribution in [0.4, 0.5) is 0 Å². The lowest BCUT2D eigenvalue weighted by atomic mass is 9.76. The average molecular weight is 472 g/mol. The number of para-hydroxylation sites is 1. The van der Waals surface area contributed by atoms with Crippen LogP contribution in [0.2, 0.25) is 0 Å². The molecule has 2 aromatic carbocycles. The third-order valence-corrected chi connectivity index (χ3v) is 7.34. The summed E-state index contributed by atoms with van der Waals surface area (Å²) in [6.07, 6.45) is 7.13. The molecule has 2 saturated heterocycles. The van der Waals surface area contributed by atoms with Crippen molar-refractivity contribution in [2.45, 2.75) is 37.8 Å². The Morgan fingerprint density at radius 3 is 2.57 bits per heavy atom. The lowest BCUT2D eigenvalue weighted by Crippen LogP contribution is -2.58. The Labute approximate surface area is 203 Å². The predicted molar refractivity (Wildman–Crippen MR) is 133 cm³/mol. The van der Waals surface area contributed by atoms with E-state index in [0.29, 0.717) is 13.0 Å². The Morgan fingerprint density at radius 1 is 1.09 bits per heavy atom. The highest BCUT2D eigenvalue weighted by Gasteiger charge is 2.67. The molecule has 2 aliphatic heterocycles. The standard InChI is InChI=1S/C28H29N3O4/c1-2-3-15-31-25(32)23-22(14-13-18-9-5-4-6-10-18)30-28(27(34)35,24(23)26(31)33)16-19-17-29-21-12-8-7-11-20(19)21/h4-14,17,22-24,29-30H,2-3,15-16H2,1H3,(H,34,35). The number of amides is 2. The lowest BCUT2D eigenvalue weighted by molar-refractivity contribution is -0.151. The number of aliphatic carboxylic acids is 1. The first-order valence-corrected chi connectivity index (χ1v) is 12.1. The molecule has 0 saturated carbocycles. The molecule has 2 amide bonds. The molecule has 4 atom stereocenters. The largest absolute Gasteiger partial charge is 0.480 e. The van der Waals surface area contributed by atoms with E-state index in [1.807, 2.05) is 73.7 Å². The molecule has 35 heavy (non-hydrogen) atoms. The average Bonchev–Trinajstić information content (AvgIpc) is 3.50. The molecule has 4 unspecified atom stereocenters. The first-order valence-electron chi connectivity index (χ1n) is 12.1. The number of H-pyrrole nitrogens is 1. The van der Waals surface area contributed by atoms with Gasteiger partial charge in [-0.2, -0.15) is 0 Å². The summed E-state index contributed by atoms with van der Waals surface area (Å²) >= 11 is 0. The normalized spacial score (nSPS) is 26.2. The van der Waals surface area contributed by atoms with E-state index < -0.39 is 29.4 Å². The van der Waals surface area contributed by atoms with E-state index in [1.54, 1.807) is 6.20 Å². The Kier molecular flexibility index (Phi) is 6.03. The summed E-state index contributed by atoms with van der Waals surface area (Å²) in [5.74, 6) is -3.54. The zero-order valence-electron chi connectivity index (χ0n) is 19.6. The third kappa shape index (κ3) is 3.86. The Morgan fingerprint density at radius 2 is 1.83 bits per heavy atom. The van der Waals surface area contributed by atoms with E-state index in [2.05, 4.69) is 10.3 Å². The number of rotatable bonds is 8. The number of fused-ring (bicyclic) bond motifs is 2. The van der Waals surface area contributed by atoms with Gasteiger partial charge in [0, 0.05) is 36.1 Å². The number of nitrogens with one attached hydrogen (secondary N) is 2. The minimum Gasteiger partial charge on any atom is -0.480 e. The fraction of sp³-hybridized carbons (Fsp3) is 0.321. The third-order valence-electron chi connectivity index (χ3n) is 7.34. The van der Waals surface area contributed by atoms with Crippen LogP contribution in [0.3, 0.4) is 0 Å². The van der Waals surface area contributed by atoms with Crippen molar-refractivity contribution in [3.63, 3.8) is 0 Å². The van der Waals surface area contributed by atoms with Gasteiger partial charge in [0.25, 0.3) is 0 Å². The van der Waals surface area contributed by atoms with E-state index in [-0.39, 0.29) is 18.2 Å². The molecule has 0 radical (unpaired) electrons. The van der Waals surface area contributed by atoms with E-state index in [9.17, 15) is 19.5 Å². The first-order chi connectivity index (χ1) is 17.0. The van der Waals surface area contributed by atoms with Crippen LogP contribution < -0.4 is 5.32 Å². The predicted octanol–water partition coefficient (Wildman–Crippen LogP) is 3.62. The molecular formula is C28H29N3O4. The number of unbranched alkanes of at least 4 members (excludes halogenated alkanes) is 1. The van der Waals surface area contributed by atoms with Crippen molar-refractivity contribution in [2.75, 3.05) is 6.54 Å². The summed E-state index contributed by atoms with van der Waals surface area (Å²) in [6.45, 7) is 2.32. The van der Waals surface area contributed by atoms with Crippen LogP contribution in [-0.4, -0.2) is 50.9 Å². The van der Waals surface area contributed by atoms with Crippen molar-refractivity contribution in [2.24, 2.45) is 11.8 Å². The summed E-state index contributed by atoms with van der Waals surface area (Å²) in [7, 11) is 0. The molecule has 0 bridgehead atoms. The highest BCUT2D eigenvalue weighted by molar-refractivity contribution is 6.09. The van der Waals surface area contributed by atoms with Crippen molar-refractivity contribution < 1.29 is 19.5 Å². The SMILES string of the molecule is CCCCN1C(=O)C2C(C=Cc3ccccc3)NC(Cc3c[nH]c4ccccc34)(C(=O)O)C2C1=O. The molecular weight excluding hydrogens is 442 g/mol. The maximum atomic E-state index is 13.6. The van der Waals surface area contributed by atoms with Gasteiger partial charge in [-0.1, -0.05) is 74.0 Å². The van der Waals surface area contributed by atoms with E-state index in [0.717, 1.165) is 28.5 Å². The molecule has 3 heterocycles. The van der Waals surface area contributed by atoms with Gasteiger partial charge in [0.05, 0.1) is 11.8 Å². The number of carbonyl (C=O) groups is 3. The summed E-state index contributed by atoms with van der Waals surface area (Å²) in [4.78, 5) is 44.5. The van der Waals surface area contributed by atoms with Gasteiger partial charge in [-0.15, -0.1) is 0 Å². The molecule has 7 heteroatoms. The number of imide groups is 1. The molecule has 2 aliphatic rings. The number of carboxylic acids is 1. The highest BCUT2D eigenvalue weighted by Crippen LogP contribution is 2.45. The molecule has 0 spiro atoms. The lowest BCUT2D eigenvalue weighted by Gasteiger charge is -2.31. The molecule has 3 N–H and O–H groups in total. The van der Waals surface area contributed by atoms with Crippen molar-refractivity contribution in [3.8, 4) is 0 Å². The van der Waals surface area contributed by atoms with Crippen LogP contribution in [0.5, 0.6) is 0 Å². The van der Waals surface area contributed by atoms with Crippen LogP contribution >= 0.6 is 0 Å². The molecule has 0 aliphatic carbocycles. The highest BCUT2D eigenvalue weighted by atomic mass is 16.4. The number of nitrogens with zero attached hydrogens (tertiary/aromatic N) is 1. The second kappa shape index (κ2) is 9.15. The minimum atomic E-state index is -1.60. The number of carboxylic acid groups (broad SMARTS) is 1. The Bertz CT molecular complexity index is 1300. The fourth-order valence-electron chi connectivity index (χ4n) is 5.60. The second-order valence-electron chi connectivity index (χ2n) is 9.44. The summed E-state index contributed by atoms with van der Waals surface area (Å²) in [5.41, 5.74) is 1.04.